The lowest BCUT2D eigenvalue weighted by Gasteiger charge is -2.07. The molecule has 0 unspecified atom stereocenters. The van der Waals surface area contributed by atoms with Gasteiger partial charge in [-0.1, -0.05) is 44.0 Å². The lowest BCUT2D eigenvalue weighted by Crippen LogP contribution is -2.17. The zero-order valence-electron chi connectivity index (χ0n) is 12.7. The highest BCUT2D eigenvalue weighted by atomic mass is 79.9. The average molecular weight is 465 g/mol. The van der Waals surface area contributed by atoms with E-state index in [4.69, 9.17) is 4.74 Å². The van der Waals surface area contributed by atoms with E-state index in [0.717, 1.165) is 8.95 Å². The van der Waals surface area contributed by atoms with E-state index in [0.29, 0.717) is 16.5 Å². The number of nitrogens with one attached hydrogen (secondary N) is 1. The summed E-state index contributed by atoms with van der Waals surface area (Å²) in [7, 11) is 0. The number of pyridine rings is 1. The van der Waals surface area contributed by atoms with Crippen molar-refractivity contribution in [3.63, 3.8) is 0 Å². The fourth-order valence-electron chi connectivity index (χ4n) is 2.32. The molecule has 0 aliphatic heterocycles. The molecule has 0 fully saturated rings. The Balaban J connectivity index is 1.83. The molecule has 1 heterocycles. The maximum absolute atomic E-state index is 12.4. The second-order valence-corrected chi connectivity index (χ2v) is 7.07. The Bertz CT molecular complexity index is 1030. The van der Waals surface area contributed by atoms with Gasteiger partial charge in [0.25, 0.3) is 0 Å². The van der Waals surface area contributed by atoms with Crippen LogP contribution in [0.5, 0.6) is 0 Å². The van der Waals surface area contributed by atoms with Gasteiger partial charge in [0, 0.05) is 31.5 Å². The number of esters is 1. The Labute approximate surface area is 159 Å². The Morgan fingerprint density at radius 2 is 1.64 bits per heavy atom. The fraction of sp³-hybridized carbons (Fsp3) is 0.0556. The van der Waals surface area contributed by atoms with E-state index >= 15 is 0 Å². The van der Waals surface area contributed by atoms with E-state index in [9.17, 15) is 14.4 Å². The van der Waals surface area contributed by atoms with Crippen LogP contribution in [0.1, 0.15) is 20.7 Å². The Kier molecular flexibility index (Phi) is 5.15. The van der Waals surface area contributed by atoms with Gasteiger partial charge in [0.1, 0.15) is 0 Å². The van der Waals surface area contributed by atoms with E-state index in [2.05, 4.69) is 36.8 Å². The molecule has 3 aromatic rings. The summed E-state index contributed by atoms with van der Waals surface area (Å²) in [5, 5.41) is 0.537. The first-order chi connectivity index (χ1) is 11.9. The van der Waals surface area contributed by atoms with Crippen molar-refractivity contribution >= 4 is 54.5 Å². The van der Waals surface area contributed by atoms with Crippen LogP contribution in [-0.2, 0) is 4.74 Å². The molecule has 0 radical (unpaired) electrons. The second kappa shape index (κ2) is 7.33. The molecule has 0 saturated heterocycles. The number of aromatic amines is 1. The van der Waals surface area contributed by atoms with Gasteiger partial charge in [-0.15, -0.1) is 0 Å². The number of halogens is 2. The van der Waals surface area contributed by atoms with Crippen molar-refractivity contribution in [2.24, 2.45) is 0 Å². The van der Waals surface area contributed by atoms with E-state index in [-0.39, 0.29) is 11.3 Å². The number of Topliss-reactive ketones (excluding diaryl/α,β-unsaturated/α-hetero) is 1. The second-order valence-electron chi connectivity index (χ2n) is 5.24. The molecular formula is C18H11Br2NO4. The minimum Gasteiger partial charge on any atom is -0.454 e. The first-order valence-electron chi connectivity index (χ1n) is 7.22. The van der Waals surface area contributed by atoms with Crippen molar-refractivity contribution < 1.29 is 14.3 Å². The maximum atomic E-state index is 12.4. The first-order valence-corrected chi connectivity index (χ1v) is 8.81. The van der Waals surface area contributed by atoms with E-state index < -0.39 is 18.1 Å². The quantitative estimate of drug-likeness (QED) is 0.466. The lowest BCUT2D eigenvalue weighted by atomic mass is 10.1. The predicted molar refractivity (Wildman–Crippen MR) is 101 cm³/mol. The minimum absolute atomic E-state index is 0.114. The van der Waals surface area contributed by atoms with Gasteiger partial charge in [0.05, 0.1) is 5.56 Å². The van der Waals surface area contributed by atoms with Crippen molar-refractivity contribution in [3.8, 4) is 0 Å². The number of ketones is 1. The van der Waals surface area contributed by atoms with Crippen molar-refractivity contribution in [2.45, 2.75) is 0 Å². The zero-order valence-corrected chi connectivity index (χ0v) is 15.9. The summed E-state index contributed by atoms with van der Waals surface area (Å²) < 4.78 is 6.71. The highest BCUT2D eigenvalue weighted by molar-refractivity contribution is 9.10. The van der Waals surface area contributed by atoms with Gasteiger partial charge in [0.15, 0.2) is 12.4 Å². The molecule has 0 aliphatic carbocycles. The number of hydrogen-bond donors (Lipinski definition) is 1. The van der Waals surface area contributed by atoms with Crippen LogP contribution >= 0.6 is 31.9 Å². The number of H-pyrrole nitrogens is 1. The van der Waals surface area contributed by atoms with E-state index in [1.165, 1.54) is 6.07 Å². The normalized spacial score (nSPS) is 10.6. The molecule has 5 nitrogen and oxygen atoms in total. The fourth-order valence-corrected chi connectivity index (χ4v) is 2.95. The number of aromatic nitrogens is 1. The number of carbonyl (C=O) groups is 2. The number of fused-ring (bicyclic) bond motifs is 1. The molecule has 7 heteroatoms. The molecular weight excluding hydrogens is 454 g/mol. The molecule has 3 rings (SSSR count). The monoisotopic (exact) mass is 463 g/mol. The number of ether oxygens (including phenoxy) is 1. The summed E-state index contributed by atoms with van der Waals surface area (Å²) in [6.07, 6.45) is 0. The van der Waals surface area contributed by atoms with Crippen molar-refractivity contribution in [1.29, 1.82) is 0 Å². The summed E-state index contributed by atoms with van der Waals surface area (Å²) in [4.78, 5) is 38.9. The third-order valence-electron chi connectivity index (χ3n) is 3.53. The van der Waals surface area contributed by atoms with Crippen LogP contribution in [0, 0.1) is 0 Å². The largest absolute Gasteiger partial charge is 0.454 e. The van der Waals surface area contributed by atoms with Gasteiger partial charge < -0.3 is 9.72 Å². The van der Waals surface area contributed by atoms with E-state index in [1.54, 1.807) is 42.5 Å². The van der Waals surface area contributed by atoms with Crippen LogP contribution in [0.15, 0.2) is 62.3 Å². The molecule has 1 N–H and O–H groups in total. The number of benzene rings is 2. The molecule has 0 saturated carbocycles. The Morgan fingerprint density at radius 3 is 2.36 bits per heavy atom. The highest BCUT2D eigenvalue weighted by Gasteiger charge is 2.16. The molecule has 0 atom stereocenters. The summed E-state index contributed by atoms with van der Waals surface area (Å²) in [5.41, 5.74) is 0.654. The highest BCUT2D eigenvalue weighted by Crippen LogP contribution is 2.21. The maximum Gasteiger partial charge on any atom is 0.339 e. The SMILES string of the molecule is O=C(COC(=O)c1cc(=O)[nH]c2ccc(Br)cc12)c1ccc(Br)cc1. The summed E-state index contributed by atoms with van der Waals surface area (Å²) in [6, 6.07) is 13.1. The Morgan fingerprint density at radius 1 is 0.960 bits per heavy atom. The molecule has 1 aromatic heterocycles. The van der Waals surface area contributed by atoms with Crippen LogP contribution in [0.4, 0.5) is 0 Å². The molecule has 126 valence electrons. The summed E-state index contributed by atoms with van der Waals surface area (Å²) in [6.45, 7) is -0.400. The molecule has 0 spiro atoms. The van der Waals surface area contributed by atoms with Crippen molar-refractivity contribution in [3.05, 3.63) is 79.0 Å². The minimum atomic E-state index is -0.723. The topological polar surface area (TPSA) is 76.2 Å². The summed E-state index contributed by atoms with van der Waals surface area (Å²) in [5.74, 6) is -1.05. The van der Waals surface area contributed by atoms with Gasteiger partial charge in [-0.3, -0.25) is 9.59 Å². The smallest absolute Gasteiger partial charge is 0.339 e. The standard InChI is InChI=1S/C18H11Br2NO4/c19-11-3-1-10(2-4-11)16(22)9-25-18(24)14-8-17(23)21-15-6-5-12(20)7-13(14)15/h1-8H,9H2,(H,21,23). The van der Waals surface area contributed by atoms with Crippen LogP contribution in [0.25, 0.3) is 10.9 Å². The van der Waals surface area contributed by atoms with Crippen molar-refractivity contribution in [1.82, 2.24) is 4.98 Å². The molecule has 2 aromatic carbocycles. The Hall–Kier alpha value is -2.25. The van der Waals surface area contributed by atoms with E-state index in [1.807, 2.05) is 0 Å². The van der Waals surface area contributed by atoms with Gasteiger partial charge in [-0.25, -0.2) is 4.79 Å². The average Bonchev–Trinajstić information content (AvgIpc) is 2.59. The number of hydrogen-bond acceptors (Lipinski definition) is 4. The predicted octanol–water partition coefficient (Wildman–Crippen LogP) is 4.09. The van der Waals surface area contributed by atoms with Crippen LogP contribution < -0.4 is 5.56 Å². The van der Waals surface area contributed by atoms with Gasteiger partial charge in [-0.05, 0) is 30.3 Å². The first kappa shape index (κ1) is 17.6. The van der Waals surface area contributed by atoms with Crippen LogP contribution in [-0.4, -0.2) is 23.3 Å². The molecule has 0 bridgehead atoms. The number of rotatable bonds is 4. The zero-order chi connectivity index (χ0) is 18.0. The molecule has 0 aliphatic rings. The van der Waals surface area contributed by atoms with Gasteiger partial charge in [-0.2, -0.15) is 0 Å². The third kappa shape index (κ3) is 4.05. The lowest BCUT2D eigenvalue weighted by molar-refractivity contribution is 0.0476. The molecule has 0 amide bonds. The third-order valence-corrected chi connectivity index (χ3v) is 4.55. The summed E-state index contributed by atoms with van der Waals surface area (Å²) >= 11 is 6.62. The van der Waals surface area contributed by atoms with Crippen LogP contribution in [0.3, 0.4) is 0 Å². The molecule has 25 heavy (non-hydrogen) atoms. The van der Waals surface area contributed by atoms with Crippen LogP contribution in [0.2, 0.25) is 0 Å². The van der Waals surface area contributed by atoms with Gasteiger partial charge >= 0.3 is 5.97 Å². The van der Waals surface area contributed by atoms with Gasteiger partial charge in [0.2, 0.25) is 5.56 Å². The number of carbonyl (C=O) groups excluding carboxylic acids is 2. The van der Waals surface area contributed by atoms with Crippen molar-refractivity contribution in [2.75, 3.05) is 6.61 Å².